The van der Waals surface area contributed by atoms with E-state index in [1.54, 1.807) is 20.8 Å². The van der Waals surface area contributed by atoms with Crippen LogP contribution in [0.25, 0.3) is 0 Å². The molecule has 4 nitrogen and oxygen atoms in total. The average Bonchev–Trinajstić information content (AvgIpc) is 2.43. The van der Waals surface area contributed by atoms with E-state index >= 15 is 0 Å². The summed E-state index contributed by atoms with van der Waals surface area (Å²) in [6.45, 7) is 5.29. The third kappa shape index (κ3) is 2.62. The molecule has 2 amide bonds. The third-order valence-electron chi connectivity index (χ3n) is 3.66. The highest BCUT2D eigenvalue weighted by molar-refractivity contribution is 6.08. The quantitative estimate of drug-likeness (QED) is 0.930. The van der Waals surface area contributed by atoms with E-state index in [9.17, 15) is 18.4 Å². The van der Waals surface area contributed by atoms with Crippen molar-refractivity contribution in [1.29, 1.82) is 0 Å². The molecule has 1 heterocycles. The highest BCUT2D eigenvalue weighted by atomic mass is 19.2. The van der Waals surface area contributed by atoms with E-state index in [0.29, 0.717) is 6.42 Å². The summed E-state index contributed by atoms with van der Waals surface area (Å²) < 4.78 is 27.5. The fraction of sp³-hybridized carbons (Fsp3) is 0.467. The molecule has 0 radical (unpaired) electrons. The molecule has 1 N–H and O–H groups in total. The molecule has 0 aromatic heterocycles. The number of amides is 2. The van der Waals surface area contributed by atoms with Gasteiger partial charge in [0, 0.05) is 0 Å². The Morgan fingerprint density at radius 2 is 1.95 bits per heavy atom. The Morgan fingerprint density at radius 1 is 1.29 bits per heavy atom. The van der Waals surface area contributed by atoms with Crippen LogP contribution in [0.1, 0.15) is 27.2 Å². The van der Waals surface area contributed by atoms with E-state index in [2.05, 4.69) is 5.32 Å². The Bertz CT molecular complexity index is 575. The highest BCUT2D eigenvalue weighted by Gasteiger charge is 2.42. The van der Waals surface area contributed by atoms with Gasteiger partial charge < -0.3 is 5.32 Å². The zero-order valence-corrected chi connectivity index (χ0v) is 12.2. The topological polar surface area (TPSA) is 49.4 Å². The number of carbonyl (C=O) groups excluding carboxylic acids is 2. The molecule has 1 aromatic rings. The number of halogens is 2. The Morgan fingerprint density at radius 3 is 2.52 bits per heavy atom. The minimum atomic E-state index is -1.11. The van der Waals surface area contributed by atoms with E-state index in [4.69, 9.17) is 0 Å². The number of hydrogen-bond acceptors (Lipinski definition) is 2. The molecule has 1 saturated heterocycles. The molecular formula is C15H18F2N2O2. The first kappa shape index (κ1) is 15.4. The monoisotopic (exact) mass is 296 g/mol. The van der Waals surface area contributed by atoms with Gasteiger partial charge in [-0.25, -0.2) is 8.78 Å². The number of hydrogen-bond donors (Lipinski definition) is 1. The second kappa shape index (κ2) is 5.79. The smallest absolute Gasteiger partial charge is 0.250 e. The van der Waals surface area contributed by atoms with Gasteiger partial charge in [-0.15, -0.1) is 0 Å². The number of piperazine rings is 1. The lowest BCUT2D eigenvalue weighted by molar-refractivity contribution is -0.135. The third-order valence-corrected chi connectivity index (χ3v) is 3.66. The van der Waals surface area contributed by atoms with Crippen LogP contribution in [-0.2, 0) is 9.59 Å². The van der Waals surface area contributed by atoms with E-state index in [-0.39, 0.29) is 17.5 Å². The van der Waals surface area contributed by atoms with Crippen LogP contribution in [0.3, 0.4) is 0 Å². The van der Waals surface area contributed by atoms with E-state index in [1.165, 1.54) is 12.1 Å². The molecule has 0 bridgehead atoms. The van der Waals surface area contributed by atoms with Crippen molar-refractivity contribution in [3.63, 3.8) is 0 Å². The van der Waals surface area contributed by atoms with Crippen molar-refractivity contribution in [2.45, 2.75) is 39.3 Å². The molecule has 2 atom stereocenters. The molecule has 1 aliphatic rings. The first-order chi connectivity index (χ1) is 9.88. The van der Waals surface area contributed by atoms with Gasteiger partial charge in [0.2, 0.25) is 5.91 Å². The zero-order valence-electron chi connectivity index (χ0n) is 12.2. The molecule has 0 aliphatic carbocycles. The number of benzene rings is 1. The van der Waals surface area contributed by atoms with Crippen LogP contribution in [-0.4, -0.2) is 23.9 Å². The Kier molecular flexibility index (Phi) is 4.25. The molecule has 6 heteroatoms. The summed E-state index contributed by atoms with van der Waals surface area (Å²) in [5, 5.41) is 2.65. The van der Waals surface area contributed by atoms with Gasteiger partial charge >= 0.3 is 0 Å². The lowest BCUT2D eigenvalue weighted by atomic mass is 9.96. The van der Waals surface area contributed by atoms with Gasteiger partial charge in [0.05, 0.1) is 5.69 Å². The standard InChI is InChI=1S/C15H18F2N2O2/c1-4-10-14(20)18-13(8(2)3)15(21)19(10)11-7-5-6-9(16)12(11)17/h5-8,10,13H,4H2,1-3H3,(H,18,20). The zero-order chi connectivity index (χ0) is 15.7. The van der Waals surface area contributed by atoms with Crippen LogP contribution in [0.5, 0.6) is 0 Å². The second-order valence-electron chi connectivity index (χ2n) is 5.44. The lowest BCUT2D eigenvalue weighted by Crippen LogP contribution is -2.65. The van der Waals surface area contributed by atoms with Gasteiger partial charge in [-0.3, -0.25) is 14.5 Å². The van der Waals surface area contributed by atoms with Crippen molar-refractivity contribution in [2.75, 3.05) is 4.90 Å². The number of anilines is 1. The maximum Gasteiger partial charge on any atom is 0.250 e. The molecule has 2 unspecified atom stereocenters. The number of nitrogens with one attached hydrogen (secondary N) is 1. The molecule has 1 aromatic carbocycles. The van der Waals surface area contributed by atoms with Crippen molar-refractivity contribution in [3.05, 3.63) is 29.8 Å². The molecule has 1 aliphatic heterocycles. The van der Waals surface area contributed by atoms with Gasteiger partial charge in [-0.1, -0.05) is 26.8 Å². The Hall–Kier alpha value is -1.98. The van der Waals surface area contributed by atoms with Gasteiger partial charge in [0.1, 0.15) is 12.1 Å². The van der Waals surface area contributed by atoms with Crippen LogP contribution >= 0.6 is 0 Å². The maximum absolute atomic E-state index is 14.0. The van der Waals surface area contributed by atoms with Crippen LogP contribution in [0.2, 0.25) is 0 Å². The molecular weight excluding hydrogens is 278 g/mol. The van der Waals surface area contributed by atoms with Crippen LogP contribution in [0.4, 0.5) is 14.5 Å². The highest BCUT2D eigenvalue weighted by Crippen LogP contribution is 2.28. The van der Waals surface area contributed by atoms with Crippen molar-refractivity contribution < 1.29 is 18.4 Å². The van der Waals surface area contributed by atoms with Crippen LogP contribution in [0, 0.1) is 17.6 Å². The van der Waals surface area contributed by atoms with Crippen LogP contribution < -0.4 is 10.2 Å². The average molecular weight is 296 g/mol. The minimum Gasteiger partial charge on any atom is -0.342 e. The van der Waals surface area contributed by atoms with Crippen molar-refractivity contribution >= 4 is 17.5 Å². The van der Waals surface area contributed by atoms with Crippen molar-refractivity contribution in [3.8, 4) is 0 Å². The van der Waals surface area contributed by atoms with Gasteiger partial charge in [0.25, 0.3) is 5.91 Å². The van der Waals surface area contributed by atoms with Crippen molar-refractivity contribution in [1.82, 2.24) is 5.32 Å². The van der Waals surface area contributed by atoms with E-state index < -0.39 is 29.6 Å². The SMILES string of the molecule is CCC1C(=O)NC(C(C)C)C(=O)N1c1cccc(F)c1F. The van der Waals surface area contributed by atoms with E-state index in [0.717, 1.165) is 11.0 Å². The summed E-state index contributed by atoms with van der Waals surface area (Å²) in [6, 6.07) is 2.06. The Labute approximate surface area is 122 Å². The van der Waals surface area contributed by atoms with Gasteiger partial charge in [0.15, 0.2) is 11.6 Å². The normalized spacial score (nSPS) is 22.7. The molecule has 21 heavy (non-hydrogen) atoms. The first-order valence-corrected chi connectivity index (χ1v) is 6.96. The molecule has 0 spiro atoms. The summed E-state index contributed by atoms with van der Waals surface area (Å²) in [6.07, 6.45) is 0.318. The largest absolute Gasteiger partial charge is 0.342 e. The molecule has 1 fully saturated rings. The van der Waals surface area contributed by atoms with Crippen molar-refractivity contribution in [2.24, 2.45) is 5.92 Å². The summed E-state index contributed by atoms with van der Waals surface area (Å²) in [5.74, 6) is -3.05. The van der Waals surface area contributed by atoms with Gasteiger partial charge in [-0.2, -0.15) is 0 Å². The Balaban J connectivity index is 2.52. The summed E-state index contributed by atoms with van der Waals surface area (Å²) >= 11 is 0. The first-order valence-electron chi connectivity index (χ1n) is 6.96. The van der Waals surface area contributed by atoms with Crippen LogP contribution in [0.15, 0.2) is 18.2 Å². The predicted molar refractivity (Wildman–Crippen MR) is 74.7 cm³/mol. The molecule has 0 saturated carbocycles. The van der Waals surface area contributed by atoms with Gasteiger partial charge in [-0.05, 0) is 24.5 Å². The number of nitrogens with zero attached hydrogens (tertiary/aromatic N) is 1. The summed E-state index contributed by atoms with van der Waals surface area (Å²) in [4.78, 5) is 25.8. The summed E-state index contributed by atoms with van der Waals surface area (Å²) in [7, 11) is 0. The maximum atomic E-state index is 14.0. The fourth-order valence-corrected chi connectivity index (χ4v) is 2.52. The number of carbonyl (C=O) groups is 2. The minimum absolute atomic E-state index is 0.140. The van der Waals surface area contributed by atoms with E-state index in [1.807, 2.05) is 0 Å². The fourth-order valence-electron chi connectivity index (χ4n) is 2.52. The molecule has 2 rings (SSSR count). The number of rotatable bonds is 3. The molecule has 114 valence electrons. The second-order valence-corrected chi connectivity index (χ2v) is 5.44. The lowest BCUT2D eigenvalue weighted by Gasteiger charge is -2.40. The summed E-state index contributed by atoms with van der Waals surface area (Å²) in [5.41, 5.74) is -0.188. The predicted octanol–water partition coefficient (Wildman–Crippen LogP) is 2.23.